The van der Waals surface area contributed by atoms with E-state index in [2.05, 4.69) is 4.98 Å². The van der Waals surface area contributed by atoms with Crippen LogP contribution in [-0.2, 0) is 4.74 Å². The van der Waals surface area contributed by atoms with Crippen molar-refractivity contribution in [2.45, 2.75) is 25.9 Å². The van der Waals surface area contributed by atoms with Gasteiger partial charge in [-0.2, -0.15) is 0 Å². The highest BCUT2D eigenvalue weighted by Gasteiger charge is 2.28. The van der Waals surface area contributed by atoms with Crippen molar-refractivity contribution in [2.24, 2.45) is 0 Å². The third-order valence-corrected chi connectivity index (χ3v) is 5.70. The number of rotatable bonds is 6. The molecule has 1 aliphatic rings. The number of anilines is 1. The number of hydrogen-bond acceptors (Lipinski definition) is 5. The molecule has 5 nitrogen and oxygen atoms in total. The van der Waals surface area contributed by atoms with Crippen molar-refractivity contribution in [3.63, 3.8) is 0 Å². The number of fused-ring (bicyclic) bond motifs is 1. The number of para-hydroxylation sites is 1. The molecule has 0 bridgehead atoms. The first-order valence-corrected chi connectivity index (χ1v) is 10.2. The lowest BCUT2D eigenvalue weighted by Gasteiger charge is -2.23. The van der Waals surface area contributed by atoms with Crippen LogP contribution in [0.15, 0.2) is 42.5 Å². The van der Waals surface area contributed by atoms with Crippen molar-refractivity contribution in [2.75, 3.05) is 24.7 Å². The average Bonchev–Trinajstić information content (AvgIpc) is 3.36. The summed E-state index contributed by atoms with van der Waals surface area (Å²) < 4.78 is 26.6. The maximum atomic E-state index is 14.3. The molecule has 7 heteroatoms. The third kappa shape index (κ3) is 3.72. The smallest absolute Gasteiger partial charge is 0.263 e. The van der Waals surface area contributed by atoms with E-state index in [0.29, 0.717) is 36.2 Å². The Labute approximate surface area is 166 Å². The van der Waals surface area contributed by atoms with E-state index in [0.717, 1.165) is 17.5 Å². The zero-order chi connectivity index (χ0) is 19.5. The van der Waals surface area contributed by atoms with Crippen LogP contribution in [0.25, 0.3) is 10.2 Å². The fourth-order valence-corrected chi connectivity index (χ4v) is 4.31. The first kappa shape index (κ1) is 18.8. The van der Waals surface area contributed by atoms with E-state index >= 15 is 0 Å². The van der Waals surface area contributed by atoms with Gasteiger partial charge in [0, 0.05) is 6.61 Å². The molecule has 1 saturated heterocycles. The van der Waals surface area contributed by atoms with Crippen LogP contribution in [0.1, 0.15) is 30.1 Å². The maximum absolute atomic E-state index is 14.3. The summed E-state index contributed by atoms with van der Waals surface area (Å²) in [5, 5.41) is 0.519. The number of ether oxygens (including phenoxy) is 2. The van der Waals surface area contributed by atoms with Gasteiger partial charge < -0.3 is 9.47 Å². The van der Waals surface area contributed by atoms with Crippen molar-refractivity contribution >= 4 is 32.6 Å². The summed E-state index contributed by atoms with van der Waals surface area (Å²) in [6.07, 6.45) is 1.76. The Bertz CT molecular complexity index is 985. The molecule has 3 aromatic rings. The van der Waals surface area contributed by atoms with Gasteiger partial charge in [-0.05, 0) is 44.0 Å². The monoisotopic (exact) mass is 400 g/mol. The molecule has 146 valence electrons. The van der Waals surface area contributed by atoms with Crippen LogP contribution in [0, 0.1) is 5.82 Å². The minimum Gasteiger partial charge on any atom is -0.492 e. The Kier molecular flexibility index (Phi) is 5.54. The Morgan fingerprint density at radius 2 is 2.18 bits per heavy atom. The highest BCUT2D eigenvalue weighted by molar-refractivity contribution is 7.22. The van der Waals surface area contributed by atoms with Gasteiger partial charge in [0.05, 0.1) is 29.5 Å². The molecule has 1 aromatic heterocycles. The summed E-state index contributed by atoms with van der Waals surface area (Å²) in [7, 11) is 0. The summed E-state index contributed by atoms with van der Waals surface area (Å²) in [5.41, 5.74) is 0.743. The molecule has 0 N–H and O–H groups in total. The van der Waals surface area contributed by atoms with Crippen LogP contribution in [-0.4, -0.2) is 36.8 Å². The van der Waals surface area contributed by atoms with E-state index in [1.807, 2.05) is 25.1 Å². The topological polar surface area (TPSA) is 51.7 Å². The maximum Gasteiger partial charge on any atom is 0.263 e. The third-order valence-electron chi connectivity index (χ3n) is 4.66. The van der Waals surface area contributed by atoms with Gasteiger partial charge in [-0.1, -0.05) is 29.5 Å². The summed E-state index contributed by atoms with van der Waals surface area (Å²) >= 11 is 1.39. The van der Waals surface area contributed by atoms with Gasteiger partial charge in [-0.15, -0.1) is 0 Å². The quantitative estimate of drug-likeness (QED) is 0.604. The minimum absolute atomic E-state index is 0.0322. The second kappa shape index (κ2) is 8.24. The number of carbonyl (C=O) groups excluding carboxylic acids is 1. The number of aromatic nitrogens is 1. The molecular weight excluding hydrogens is 379 g/mol. The largest absolute Gasteiger partial charge is 0.492 e. The Morgan fingerprint density at radius 3 is 2.93 bits per heavy atom. The SMILES string of the molecule is CCOc1cccc2sc(N(CC3CCCO3)C(=O)c3ccccc3F)nc12. The van der Waals surface area contributed by atoms with E-state index in [1.54, 1.807) is 12.1 Å². The van der Waals surface area contributed by atoms with Crippen LogP contribution in [0.5, 0.6) is 5.75 Å². The molecule has 28 heavy (non-hydrogen) atoms. The van der Waals surface area contributed by atoms with Gasteiger partial charge in [0.15, 0.2) is 5.13 Å². The fraction of sp³-hybridized carbons (Fsp3) is 0.333. The molecule has 0 radical (unpaired) electrons. The van der Waals surface area contributed by atoms with Gasteiger partial charge in [-0.3, -0.25) is 9.69 Å². The molecule has 4 rings (SSSR count). The molecule has 0 aliphatic carbocycles. The summed E-state index contributed by atoms with van der Waals surface area (Å²) in [5.74, 6) is -0.274. The van der Waals surface area contributed by atoms with Crippen molar-refractivity contribution in [3.8, 4) is 5.75 Å². The van der Waals surface area contributed by atoms with Crippen molar-refractivity contribution < 1.29 is 18.7 Å². The van der Waals surface area contributed by atoms with Crippen molar-refractivity contribution in [3.05, 3.63) is 53.8 Å². The number of benzene rings is 2. The Hall–Kier alpha value is -2.51. The van der Waals surface area contributed by atoms with Crippen molar-refractivity contribution in [1.29, 1.82) is 0 Å². The van der Waals surface area contributed by atoms with Crippen molar-refractivity contribution in [1.82, 2.24) is 4.98 Å². The number of nitrogens with zero attached hydrogens (tertiary/aromatic N) is 2. The van der Waals surface area contributed by atoms with Crippen LogP contribution in [0.2, 0.25) is 0 Å². The van der Waals surface area contributed by atoms with Gasteiger partial charge in [0.1, 0.15) is 17.1 Å². The summed E-state index contributed by atoms with van der Waals surface area (Å²) in [6, 6.07) is 11.7. The number of amides is 1. The second-order valence-electron chi connectivity index (χ2n) is 6.56. The normalized spacial score (nSPS) is 16.4. The minimum atomic E-state index is -0.541. The first-order valence-electron chi connectivity index (χ1n) is 9.37. The Morgan fingerprint density at radius 1 is 1.32 bits per heavy atom. The standard InChI is InChI=1S/C21H21FN2O3S/c1-2-26-17-10-5-11-18-19(17)23-21(28-18)24(13-14-7-6-12-27-14)20(25)15-8-3-4-9-16(15)22/h3-5,8-11,14H,2,6-7,12-13H2,1H3. The zero-order valence-corrected chi connectivity index (χ0v) is 16.4. The lowest BCUT2D eigenvalue weighted by Crippen LogP contribution is -2.37. The summed E-state index contributed by atoms with van der Waals surface area (Å²) in [6.45, 7) is 3.47. The Balaban J connectivity index is 1.74. The molecule has 0 saturated carbocycles. The highest BCUT2D eigenvalue weighted by Crippen LogP contribution is 2.35. The predicted octanol–water partition coefficient (Wildman–Crippen LogP) is 4.66. The molecule has 2 heterocycles. The average molecular weight is 400 g/mol. The van der Waals surface area contributed by atoms with E-state index in [4.69, 9.17) is 9.47 Å². The number of hydrogen-bond donors (Lipinski definition) is 0. The van der Waals surface area contributed by atoms with Crippen LogP contribution < -0.4 is 9.64 Å². The van der Waals surface area contributed by atoms with E-state index in [1.165, 1.54) is 28.4 Å². The van der Waals surface area contributed by atoms with Crippen LogP contribution in [0.4, 0.5) is 9.52 Å². The van der Waals surface area contributed by atoms with Crippen LogP contribution >= 0.6 is 11.3 Å². The molecule has 1 fully saturated rings. The number of carbonyl (C=O) groups is 1. The van der Waals surface area contributed by atoms with Gasteiger partial charge in [0.2, 0.25) is 0 Å². The molecule has 1 amide bonds. The molecule has 0 spiro atoms. The lowest BCUT2D eigenvalue weighted by atomic mass is 10.1. The first-order chi connectivity index (χ1) is 13.7. The fourth-order valence-electron chi connectivity index (χ4n) is 3.32. The van der Waals surface area contributed by atoms with E-state index < -0.39 is 11.7 Å². The second-order valence-corrected chi connectivity index (χ2v) is 7.57. The molecule has 2 aromatic carbocycles. The highest BCUT2D eigenvalue weighted by atomic mass is 32.1. The van der Waals surface area contributed by atoms with Crippen LogP contribution in [0.3, 0.4) is 0 Å². The molecule has 1 atom stereocenters. The lowest BCUT2D eigenvalue weighted by molar-refractivity contribution is 0.0914. The van der Waals surface area contributed by atoms with E-state index in [-0.39, 0.29) is 11.7 Å². The predicted molar refractivity (Wildman–Crippen MR) is 108 cm³/mol. The van der Waals surface area contributed by atoms with Gasteiger partial charge in [0.25, 0.3) is 5.91 Å². The zero-order valence-electron chi connectivity index (χ0n) is 15.6. The van der Waals surface area contributed by atoms with Gasteiger partial charge >= 0.3 is 0 Å². The summed E-state index contributed by atoms with van der Waals surface area (Å²) in [4.78, 5) is 19.4. The van der Waals surface area contributed by atoms with E-state index in [9.17, 15) is 9.18 Å². The van der Waals surface area contributed by atoms with Gasteiger partial charge in [-0.25, -0.2) is 9.37 Å². The number of halogens is 1. The number of thiazole rings is 1. The molecule has 1 unspecified atom stereocenters. The molecular formula is C21H21FN2O3S. The molecule has 1 aliphatic heterocycles.